The number of carbonyl (C=O) groups is 1. The lowest BCUT2D eigenvalue weighted by Crippen LogP contribution is -2.14. The van der Waals surface area contributed by atoms with Gasteiger partial charge in [0.25, 0.3) is 15.9 Å². The highest BCUT2D eigenvalue weighted by molar-refractivity contribution is 9.10. The second-order valence-electron chi connectivity index (χ2n) is 6.28. The zero-order valence-electron chi connectivity index (χ0n) is 15.8. The first-order valence-corrected chi connectivity index (χ1v) is 10.9. The first kappa shape index (κ1) is 20.9. The summed E-state index contributed by atoms with van der Waals surface area (Å²) < 4.78 is 33.5. The summed E-state index contributed by atoms with van der Waals surface area (Å²) in [5, 5.41) is 2.76. The number of benzene rings is 3. The summed E-state index contributed by atoms with van der Waals surface area (Å²) in [5.74, 6) is 0.353. The van der Waals surface area contributed by atoms with Gasteiger partial charge in [0.1, 0.15) is 5.75 Å². The zero-order chi connectivity index (χ0) is 21.0. The second-order valence-corrected chi connectivity index (χ2v) is 8.81. The molecule has 0 bridgehead atoms. The van der Waals surface area contributed by atoms with E-state index in [0.29, 0.717) is 22.7 Å². The monoisotopic (exact) mass is 474 g/mol. The number of halogens is 1. The van der Waals surface area contributed by atoms with Crippen molar-refractivity contribution in [3.8, 4) is 5.75 Å². The van der Waals surface area contributed by atoms with Gasteiger partial charge in [-0.25, -0.2) is 8.42 Å². The Bertz CT molecular complexity index is 1130. The van der Waals surface area contributed by atoms with Crippen molar-refractivity contribution < 1.29 is 17.9 Å². The van der Waals surface area contributed by atoms with Crippen LogP contribution in [0.4, 0.5) is 11.4 Å². The normalized spacial score (nSPS) is 11.0. The van der Waals surface area contributed by atoms with E-state index < -0.39 is 10.0 Å². The number of methoxy groups -OCH3 is 1. The van der Waals surface area contributed by atoms with E-state index in [4.69, 9.17) is 4.74 Å². The summed E-state index contributed by atoms with van der Waals surface area (Å²) in [5.41, 5.74) is 2.45. The minimum Gasteiger partial charge on any atom is -0.497 e. The molecule has 0 saturated carbocycles. The number of nitrogens with one attached hydrogen (secondary N) is 2. The summed E-state index contributed by atoms with van der Waals surface area (Å²) >= 11 is 3.41. The molecule has 2 N–H and O–H groups in total. The summed E-state index contributed by atoms with van der Waals surface area (Å²) in [6.07, 6.45) is 0. The third-order valence-corrected chi connectivity index (χ3v) is 6.45. The third kappa shape index (κ3) is 5.16. The predicted molar refractivity (Wildman–Crippen MR) is 117 cm³/mol. The maximum atomic E-state index is 12.5. The fourth-order valence-electron chi connectivity index (χ4n) is 2.53. The van der Waals surface area contributed by atoms with Gasteiger partial charge in [-0.3, -0.25) is 9.52 Å². The Hall–Kier alpha value is -2.84. The van der Waals surface area contributed by atoms with Gasteiger partial charge in [-0.2, -0.15) is 0 Å². The summed E-state index contributed by atoms with van der Waals surface area (Å²) in [4.78, 5) is 12.5. The molecule has 0 fully saturated rings. The molecule has 3 aromatic rings. The van der Waals surface area contributed by atoms with Crippen molar-refractivity contribution in [2.75, 3.05) is 17.1 Å². The number of ether oxygens (including phenoxy) is 1. The smallest absolute Gasteiger partial charge is 0.261 e. The molecule has 0 saturated heterocycles. The minimum absolute atomic E-state index is 0.0874. The molecule has 29 heavy (non-hydrogen) atoms. The Morgan fingerprint density at radius 2 is 1.55 bits per heavy atom. The molecule has 0 aliphatic heterocycles. The van der Waals surface area contributed by atoms with Crippen LogP contribution in [0.15, 0.2) is 76.1 Å². The number of hydrogen-bond donors (Lipinski definition) is 2. The molecule has 0 radical (unpaired) electrons. The minimum atomic E-state index is -3.75. The lowest BCUT2D eigenvalue weighted by Gasteiger charge is -2.10. The van der Waals surface area contributed by atoms with E-state index in [1.54, 1.807) is 48.5 Å². The molecule has 0 spiro atoms. The topological polar surface area (TPSA) is 84.5 Å². The predicted octanol–water partition coefficient (Wildman–Crippen LogP) is 4.82. The van der Waals surface area contributed by atoms with Crippen LogP contribution in [0.5, 0.6) is 5.75 Å². The second kappa shape index (κ2) is 8.67. The molecule has 150 valence electrons. The van der Waals surface area contributed by atoms with Crippen LogP contribution < -0.4 is 14.8 Å². The van der Waals surface area contributed by atoms with Crippen LogP contribution in [0.3, 0.4) is 0 Å². The number of anilines is 2. The first-order chi connectivity index (χ1) is 13.8. The lowest BCUT2D eigenvalue weighted by atomic mass is 10.1. The first-order valence-electron chi connectivity index (χ1n) is 8.63. The zero-order valence-corrected chi connectivity index (χ0v) is 18.2. The van der Waals surface area contributed by atoms with Gasteiger partial charge in [-0.15, -0.1) is 0 Å². The van der Waals surface area contributed by atoms with Crippen LogP contribution in [0.2, 0.25) is 0 Å². The Morgan fingerprint density at radius 1 is 0.931 bits per heavy atom. The van der Waals surface area contributed by atoms with Crippen molar-refractivity contribution in [2.24, 2.45) is 0 Å². The van der Waals surface area contributed by atoms with Gasteiger partial charge in [0.2, 0.25) is 0 Å². The van der Waals surface area contributed by atoms with Crippen molar-refractivity contribution in [1.29, 1.82) is 0 Å². The molecule has 1 amide bonds. The van der Waals surface area contributed by atoms with E-state index in [9.17, 15) is 13.2 Å². The molecular formula is C21H19BrN2O4S. The van der Waals surface area contributed by atoms with Crippen molar-refractivity contribution in [3.63, 3.8) is 0 Å². The van der Waals surface area contributed by atoms with Gasteiger partial charge in [0.15, 0.2) is 0 Å². The standard InChI is InChI=1S/C21H19BrN2O4S/c1-14-3-4-15(13-20(14)22)21(25)23-16-7-11-19(12-8-16)29(26,27)24-17-5-9-18(28-2)10-6-17/h3-13,24H,1-2H3,(H,23,25). The number of amides is 1. The molecule has 0 aliphatic carbocycles. The highest BCUT2D eigenvalue weighted by Gasteiger charge is 2.15. The average Bonchev–Trinajstić information content (AvgIpc) is 2.70. The molecule has 3 aromatic carbocycles. The van der Waals surface area contributed by atoms with E-state index in [-0.39, 0.29) is 10.8 Å². The van der Waals surface area contributed by atoms with E-state index in [0.717, 1.165) is 10.0 Å². The van der Waals surface area contributed by atoms with Crippen molar-refractivity contribution in [3.05, 3.63) is 82.3 Å². The number of aryl methyl sites for hydroxylation is 1. The maximum absolute atomic E-state index is 12.5. The molecule has 3 rings (SSSR count). The molecule has 0 heterocycles. The van der Waals surface area contributed by atoms with E-state index in [1.165, 1.54) is 19.2 Å². The molecule has 0 unspecified atom stereocenters. The van der Waals surface area contributed by atoms with Gasteiger partial charge >= 0.3 is 0 Å². The number of hydrogen-bond acceptors (Lipinski definition) is 4. The highest BCUT2D eigenvalue weighted by Crippen LogP contribution is 2.22. The average molecular weight is 475 g/mol. The number of rotatable bonds is 6. The van der Waals surface area contributed by atoms with E-state index in [1.807, 2.05) is 13.0 Å². The van der Waals surface area contributed by atoms with Crippen LogP contribution >= 0.6 is 15.9 Å². The third-order valence-electron chi connectivity index (χ3n) is 4.20. The van der Waals surface area contributed by atoms with Gasteiger partial charge < -0.3 is 10.1 Å². The van der Waals surface area contributed by atoms with Gasteiger partial charge in [-0.1, -0.05) is 22.0 Å². The molecule has 0 aromatic heterocycles. The summed E-state index contributed by atoms with van der Waals surface area (Å²) in [7, 11) is -2.21. The highest BCUT2D eigenvalue weighted by atomic mass is 79.9. The Kier molecular flexibility index (Phi) is 6.24. The van der Waals surface area contributed by atoms with Gasteiger partial charge in [0, 0.05) is 21.4 Å². The lowest BCUT2D eigenvalue weighted by molar-refractivity contribution is 0.102. The fraction of sp³-hybridized carbons (Fsp3) is 0.0952. The van der Waals surface area contributed by atoms with Crippen LogP contribution in [0.25, 0.3) is 0 Å². The van der Waals surface area contributed by atoms with Crippen molar-refractivity contribution in [1.82, 2.24) is 0 Å². The number of sulfonamides is 1. The molecule has 6 nitrogen and oxygen atoms in total. The Balaban J connectivity index is 1.71. The van der Waals surface area contributed by atoms with Crippen molar-refractivity contribution >= 4 is 43.2 Å². The molecule has 0 aliphatic rings. The van der Waals surface area contributed by atoms with E-state index >= 15 is 0 Å². The molecule has 0 atom stereocenters. The fourth-order valence-corrected chi connectivity index (χ4v) is 3.97. The van der Waals surface area contributed by atoms with Gasteiger partial charge in [0.05, 0.1) is 12.0 Å². The largest absolute Gasteiger partial charge is 0.497 e. The van der Waals surface area contributed by atoms with Crippen molar-refractivity contribution in [2.45, 2.75) is 11.8 Å². The van der Waals surface area contributed by atoms with E-state index in [2.05, 4.69) is 26.0 Å². The van der Waals surface area contributed by atoms with Crippen LogP contribution in [-0.4, -0.2) is 21.4 Å². The maximum Gasteiger partial charge on any atom is 0.261 e. The molecule has 8 heteroatoms. The quantitative estimate of drug-likeness (QED) is 0.536. The summed E-state index contributed by atoms with van der Waals surface area (Å²) in [6.45, 7) is 1.94. The molecular weight excluding hydrogens is 456 g/mol. The summed E-state index contributed by atoms with van der Waals surface area (Å²) in [6, 6.07) is 17.8. The van der Waals surface area contributed by atoms with Crippen LogP contribution in [0, 0.1) is 6.92 Å². The SMILES string of the molecule is COc1ccc(NS(=O)(=O)c2ccc(NC(=O)c3ccc(C)c(Br)c3)cc2)cc1. The van der Waals surface area contributed by atoms with Crippen LogP contribution in [0.1, 0.15) is 15.9 Å². The Labute approximate surface area is 178 Å². The van der Waals surface area contributed by atoms with Crippen LogP contribution in [-0.2, 0) is 10.0 Å². The van der Waals surface area contributed by atoms with Gasteiger partial charge in [-0.05, 0) is 73.2 Å². The Morgan fingerprint density at radius 3 is 2.14 bits per heavy atom. The number of carbonyl (C=O) groups excluding carboxylic acids is 1.